The summed E-state index contributed by atoms with van der Waals surface area (Å²) in [6.45, 7) is 75.5. The maximum atomic E-state index is 12.4. The molecule has 10 rings (SSSR count). The Labute approximate surface area is 730 Å². The summed E-state index contributed by atoms with van der Waals surface area (Å²) in [7, 11) is 0. The molecule has 21 heteroatoms. The molecule has 4 unspecified atom stereocenters. The smallest absolute Gasteiger partial charge is 0.157 e. The number of carbonyl (C=O) groups is 8. The summed E-state index contributed by atoms with van der Waals surface area (Å²) < 4.78 is 5.37. The van der Waals surface area contributed by atoms with Gasteiger partial charge in [-0.2, -0.15) is 0 Å². The average molecular weight is 1680 g/mol. The highest BCUT2D eigenvalue weighted by atomic mass is 16.5. The topological polar surface area (TPSA) is 244 Å². The fourth-order valence-corrected chi connectivity index (χ4v) is 17.9. The van der Waals surface area contributed by atoms with Crippen LogP contribution in [0.4, 0.5) is 0 Å². The molecule has 2 aromatic carbocycles. The van der Waals surface area contributed by atoms with Gasteiger partial charge in [-0.15, -0.1) is 0 Å². The first kappa shape index (κ1) is 109. The lowest BCUT2D eigenvalue weighted by Crippen LogP contribution is -2.57. The number of benzene rings is 2. The van der Waals surface area contributed by atoms with E-state index in [1.54, 1.807) is 0 Å². The predicted molar refractivity (Wildman–Crippen MR) is 491 cm³/mol. The zero-order valence-corrected chi connectivity index (χ0v) is 81.4. The van der Waals surface area contributed by atoms with Crippen LogP contribution in [0.2, 0.25) is 0 Å². The Morgan fingerprint density at radius 1 is 0.358 bits per heavy atom. The molecule has 8 heterocycles. The van der Waals surface area contributed by atoms with Crippen molar-refractivity contribution in [2.45, 2.75) is 394 Å². The molecule has 21 nitrogen and oxygen atoms in total. The third kappa shape index (κ3) is 32.6. The van der Waals surface area contributed by atoms with Crippen LogP contribution in [-0.2, 0) is 49.6 Å². The molecule has 7 fully saturated rings. The fraction of sp³-hybridized carbons (Fsp3) is 0.798. The molecule has 4 N–H and O–H groups in total. The summed E-state index contributed by atoms with van der Waals surface area (Å²) in [6.07, 6.45) is 5.28. The summed E-state index contributed by atoms with van der Waals surface area (Å²) in [5.41, 5.74) is 3.88. The maximum Gasteiger partial charge on any atom is 0.157 e. The van der Waals surface area contributed by atoms with E-state index in [2.05, 4.69) is 185 Å². The molecule has 7 saturated heterocycles. The van der Waals surface area contributed by atoms with Crippen LogP contribution < -0.4 is 5.32 Å². The number of aliphatic hydroxyl groups is 3. The van der Waals surface area contributed by atoms with E-state index in [0.717, 1.165) is 78.2 Å². The normalized spacial score (nSPS) is 25.5. The number of fused-ring (bicyclic) bond motifs is 1. The third-order valence-corrected chi connectivity index (χ3v) is 25.1. The van der Waals surface area contributed by atoms with E-state index in [4.69, 9.17) is 4.74 Å². The van der Waals surface area contributed by atoms with Crippen molar-refractivity contribution in [2.24, 2.45) is 47.3 Å². The molecule has 8 aliphatic heterocycles. The van der Waals surface area contributed by atoms with Gasteiger partial charge in [-0.25, -0.2) is 0 Å². The first-order valence-corrected chi connectivity index (χ1v) is 46.8. The monoisotopic (exact) mass is 1680 g/mol. The Morgan fingerprint density at radius 3 is 1.20 bits per heavy atom. The minimum atomic E-state index is -0.942. The van der Waals surface area contributed by atoms with Crippen molar-refractivity contribution in [3.63, 3.8) is 0 Å². The van der Waals surface area contributed by atoms with Crippen molar-refractivity contribution in [3.8, 4) is 0 Å². The molecule has 0 aliphatic carbocycles. The van der Waals surface area contributed by atoms with E-state index in [0.29, 0.717) is 109 Å². The maximum absolute atomic E-state index is 12.4. The standard InChI is InChI=1S/C17H25NO.C15H21NO.C12H23NO.C11H22N2O.C11H21NO3.2C11H21NO2.C11H21NO/c1-12(2)17(19)16-10-15(11-18(16)13(3)4)14-8-6-5-7-9-14;1-10(2)15(17)14-13-8-6-5-7-12(13)9-16(14)11(3)4;1-9(2)12(14)11-7-5-6-8-13(11)10(3)4;1-8(2)11(14)10-7-12-5-6-13(10)9(3)4;1-6(2)10(14)9-11(15)8(13)5-12(9)7(3)4;1-7(2)11(14)10-5-9(13)6-12(10)8(3)4;1-8(2)11(13)10-7-14-6-5-12(10)9(3)4;1-8(2)11(13)10-6-5-7-12(10)9(3)4/h5-9,12-13,15-16H,10-11H2,1-4H3;5-8,10-11,14H,9H2,1-4H3;9-11H,5-8H2,1-4H3;8-10,12H,5-7H2,1-4H3;6-9,11,13,15H,5H2,1-4H3;7-10,13H,5-6H2,1-4H3;8-10H,5-7H2,1-4H3;8-10H,5-7H2,1-4H3/t15?,16-;14-;11-;;8?,9-,11?;9-,10+;2*10-/m000.1100/s1. The van der Waals surface area contributed by atoms with Crippen LogP contribution >= 0.6 is 0 Å². The van der Waals surface area contributed by atoms with Crippen molar-refractivity contribution in [2.75, 3.05) is 72.1 Å². The number of nitrogens with one attached hydrogen (secondary N) is 1. The van der Waals surface area contributed by atoms with Gasteiger partial charge in [0, 0.05) is 148 Å². The average Bonchev–Trinajstić information content (AvgIpc) is 1.60. The highest BCUT2D eigenvalue weighted by Crippen LogP contribution is 2.38. The van der Waals surface area contributed by atoms with Gasteiger partial charge in [0.2, 0.25) is 0 Å². The number of carbonyl (C=O) groups excluding carboxylic acids is 8. The lowest BCUT2D eigenvalue weighted by molar-refractivity contribution is -0.135. The van der Waals surface area contributed by atoms with Gasteiger partial charge in [0.15, 0.2) is 46.3 Å². The first-order valence-electron chi connectivity index (χ1n) is 46.8. The third-order valence-electron chi connectivity index (χ3n) is 25.1. The minimum absolute atomic E-state index is 0.00718. The first-order chi connectivity index (χ1) is 56.0. The number of aliphatic hydroxyl groups excluding tert-OH is 3. The number of piperidine rings is 1. The molecule has 12 atom stereocenters. The molecule has 0 bridgehead atoms. The van der Waals surface area contributed by atoms with Gasteiger partial charge < -0.3 is 25.4 Å². The van der Waals surface area contributed by atoms with Crippen molar-refractivity contribution in [1.82, 2.24) is 44.5 Å². The van der Waals surface area contributed by atoms with Crippen molar-refractivity contribution < 1.29 is 58.4 Å². The number of ether oxygens (including phenoxy) is 1. The number of hydrogen-bond donors (Lipinski definition) is 4. The number of ketones is 8. The molecule has 0 spiro atoms. The van der Waals surface area contributed by atoms with Crippen LogP contribution in [0.1, 0.15) is 295 Å². The van der Waals surface area contributed by atoms with Crippen LogP contribution in [0.3, 0.4) is 0 Å². The number of β-amino-alcohol motifs (C(OH)–C–C–N with tert-alkyl or cyclic N) is 2. The Morgan fingerprint density at radius 2 is 0.742 bits per heavy atom. The fourth-order valence-electron chi connectivity index (χ4n) is 17.9. The van der Waals surface area contributed by atoms with E-state index >= 15 is 0 Å². The minimum Gasteiger partial charge on any atom is -0.392 e. The predicted octanol–water partition coefficient (Wildman–Crippen LogP) is 14.5. The summed E-state index contributed by atoms with van der Waals surface area (Å²) >= 11 is 0. The highest BCUT2D eigenvalue weighted by Gasteiger charge is 2.47. The zero-order chi connectivity index (χ0) is 91.3. The number of nitrogens with zero attached hydrogens (tertiary/aromatic N) is 8. The van der Waals surface area contributed by atoms with Crippen molar-refractivity contribution in [1.29, 1.82) is 0 Å². The molecule has 688 valence electrons. The van der Waals surface area contributed by atoms with Crippen LogP contribution in [0, 0.1) is 47.3 Å². The van der Waals surface area contributed by atoms with Crippen LogP contribution in [0.25, 0.3) is 0 Å². The number of Topliss-reactive ketones (excluding diaryl/α,β-unsaturated/α-hetero) is 8. The number of rotatable bonds is 25. The van der Waals surface area contributed by atoms with Crippen LogP contribution in [0.15, 0.2) is 54.6 Å². The Hall–Kier alpha value is -4.72. The highest BCUT2D eigenvalue weighted by molar-refractivity contribution is 5.90. The number of likely N-dealkylation sites (tertiary alicyclic amines) is 5. The lowest BCUT2D eigenvalue weighted by atomic mass is 9.92. The van der Waals surface area contributed by atoms with E-state index in [1.165, 1.54) is 36.0 Å². The largest absolute Gasteiger partial charge is 0.392 e. The van der Waals surface area contributed by atoms with Gasteiger partial charge in [-0.3, -0.25) is 77.6 Å². The van der Waals surface area contributed by atoms with Gasteiger partial charge in [-0.05, 0) is 185 Å². The van der Waals surface area contributed by atoms with Gasteiger partial charge in [0.1, 0.15) is 6.10 Å². The second-order valence-corrected chi connectivity index (χ2v) is 39.8. The Kier molecular flexibility index (Phi) is 48.4. The molecule has 8 aliphatic rings. The van der Waals surface area contributed by atoms with Crippen molar-refractivity contribution in [3.05, 3.63) is 71.3 Å². The van der Waals surface area contributed by atoms with Gasteiger partial charge in [0.25, 0.3) is 0 Å². The van der Waals surface area contributed by atoms with Gasteiger partial charge in [-0.1, -0.05) is 172 Å². The second-order valence-electron chi connectivity index (χ2n) is 39.8. The summed E-state index contributed by atoms with van der Waals surface area (Å²) in [5, 5.41) is 32.2. The van der Waals surface area contributed by atoms with E-state index in [1.807, 2.05) is 136 Å². The van der Waals surface area contributed by atoms with E-state index in [-0.39, 0.29) is 113 Å². The number of piperazine rings is 1. The Bertz CT molecular complexity index is 3220. The SMILES string of the molecule is CC(C)C(=O)C1CNCCN1C(C)C.CC(C)C(=O)[C@@H]1C(O)C(O)CN1C(C)C.CC(C)C(=O)[C@@H]1CC(c2ccccc2)CN1C(C)C.CC(C)C(=O)[C@@H]1CCCCN1C(C)C.CC(C)C(=O)[C@@H]1CCCN1C(C)C.CC(C)C(=O)[C@@H]1COCCN1C(C)C.CC(C)C(=O)[C@@H]1C[C@@H](O)CN1C(C)C.CC(C)C(=O)[C@@H]1c2ccccc2CN1C(C)C. The molecule has 0 amide bonds. The van der Waals surface area contributed by atoms with E-state index < -0.39 is 18.2 Å². The molecule has 0 saturated carbocycles. The molecule has 120 heavy (non-hydrogen) atoms. The van der Waals surface area contributed by atoms with Crippen molar-refractivity contribution >= 4 is 46.3 Å². The molecule has 2 aromatic rings. The van der Waals surface area contributed by atoms with Crippen LogP contribution in [-0.4, -0.2) is 282 Å². The van der Waals surface area contributed by atoms with Crippen LogP contribution in [0.5, 0.6) is 0 Å². The zero-order valence-electron chi connectivity index (χ0n) is 81.4. The molecular weight excluding hydrogens is 1510 g/mol. The summed E-state index contributed by atoms with van der Waals surface area (Å²) in [6, 6.07) is 22.1. The summed E-state index contributed by atoms with van der Waals surface area (Å²) in [4.78, 5) is 114. The quantitative estimate of drug-likeness (QED) is 0.0722. The van der Waals surface area contributed by atoms with E-state index in [9.17, 15) is 53.7 Å². The summed E-state index contributed by atoms with van der Waals surface area (Å²) in [5.74, 6) is 3.78. The van der Waals surface area contributed by atoms with Gasteiger partial charge >= 0.3 is 0 Å². The lowest BCUT2D eigenvalue weighted by Gasteiger charge is -2.38. The molecule has 0 aromatic heterocycles. The molecular formula is C99H175N9O12. The Balaban J connectivity index is 0.000000355. The number of morpholine rings is 1. The molecule has 0 radical (unpaired) electrons. The second kappa shape index (κ2) is 53.0. The number of hydrogen-bond acceptors (Lipinski definition) is 21. The van der Waals surface area contributed by atoms with Gasteiger partial charge in [0.05, 0.1) is 73.8 Å².